The van der Waals surface area contributed by atoms with Gasteiger partial charge in [-0.05, 0) is 11.6 Å². The van der Waals surface area contributed by atoms with Crippen LogP contribution in [0.2, 0.25) is 5.28 Å². The Hall–Kier alpha value is -1.03. The lowest BCUT2D eigenvalue weighted by molar-refractivity contribution is 0.0686. The lowest BCUT2D eigenvalue weighted by atomic mass is 10.5. The molecule has 5 heteroatoms. The molecule has 0 atom stereocenters. The van der Waals surface area contributed by atoms with E-state index in [4.69, 9.17) is 16.7 Å². The maximum Gasteiger partial charge on any atom is 0.354 e. The number of nitrogens with zero attached hydrogens (tertiary/aromatic N) is 2. The van der Waals surface area contributed by atoms with E-state index in [1.54, 1.807) is 7.05 Å². The molecule has 1 aromatic rings. The Kier molecular flexibility index (Phi) is 1.63. The van der Waals surface area contributed by atoms with E-state index in [1.165, 1.54) is 10.8 Å². The Labute approximate surface area is 62.1 Å². The van der Waals surface area contributed by atoms with E-state index in [0.29, 0.717) is 0 Å². The lowest BCUT2D eigenvalue weighted by Gasteiger charge is -1.94. The van der Waals surface area contributed by atoms with Gasteiger partial charge in [-0.1, -0.05) is 0 Å². The minimum atomic E-state index is -1.03. The average molecular weight is 161 g/mol. The van der Waals surface area contributed by atoms with Crippen LogP contribution in [-0.4, -0.2) is 20.6 Å². The number of rotatable bonds is 1. The molecular formula is C5H5ClN2O2. The molecule has 1 aromatic heterocycles. The van der Waals surface area contributed by atoms with Crippen molar-refractivity contribution in [1.82, 2.24) is 9.55 Å². The van der Waals surface area contributed by atoms with Gasteiger partial charge in [-0.2, -0.15) is 0 Å². The minimum Gasteiger partial charge on any atom is -0.477 e. The van der Waals surface area contributed by atoms with Crippen molar-refractivity contribution in [2.75, 3.05) is 0 Å². The van der Waals surface area contributed by atoms with Crippen LogP contribution in [0, 0.1) is 0 Å². The summed E-state index contributed by atoms with van der Waals surface area (Å²) in [7, 11) is 1.54. The molecule has 0 aliphatic carbocycles. The maximum absolute atomic E-state index is 10.3. The Bertz CT molecular complexity index is 269. The van der Waals surface area contributed by atoms with Gasteiger partial charge in [0.05, 0.1) is 6.20 Å². The summed E-state index contributed by atoms with van der Waals surface area (Å²) in [6, 6.07) is 0. The zero-order chi connectivity index (χ0) is 7.72. The lowest BCUT2D eigenvalue weighted by Crippen LogP contribution is -2.03. The third-order valence-corrected chi connectivity index (χ3v) is 1.50. The standard InChI is InChI=1S/C5H5ClN2O2/c1-8-3(4(9)10)2-7-5(8)6/h2H,1H3,(H,9,10). The van der Waals surface area contributed by atoms with Gasteiger partial charge in [-0.3, -0.25) is 0 Å². The van der Waals surface area contributed by atoms with Crippen LogP contribution in [0.15, 0.2) is 6.20 Å². The van der Waals surface area contributed by atoms with E-state index in [-0.39, 0.29) is 11.0 Å². The number of carboxylic acid groups (broad SMARTS) is 1. The monoisotopic (exact) mass is 160 g/mol. The summed E-state index contributed by atoms with van der Waals surface area (Å²) in [5, 5.41) is 8.64. The molecule has 54 valence electrons. The summed E-state index contributed by atoms with van der Waals surface area (Å²) >= 11 is 5.46. The summed E-state index contributed by atoms with van der Waals surface area (Å²) in [4.78, 5) is 13.9. The van der Waals surface area contributed by atoms with Crippen molar-refractivity contribution in [2.24, 2.45) is 7.05 Å². The molecule has 1 rings (SSSR count). The van der Waals surface area contributed by atoms with Gasteiger partial charge in [0.15, 0.2) is 0 Å². The highest BCUT2D eigenvalue weighted by Crippen LogP contribution is 2.07. The molecule has 0 aliphatic heterocycles. The third kappa shape index (κ3) is 0.974. The van der Waals surface area contributed by atoms with E-state index in [2.05, 4.69) is 4.98 Å². The number of carboxylic acids is 1. The molecule has 0 radical (unpaired) electrons. The molecule has 0 bridgehead atoms. The predicted molar refractivity (Wildman–Crippen MR) is 35.2 cm³/mol. The first kappa shape index (κ1) is 7.08. The first-order chi connectivity index (χ1) is 4.63. The van der Waals surface area contributed by atoms with Crippen LogP contribution in [0.4, 0.5) is 0 Å². The van der Waals surface area contributed by atoms with Gasteiger partial charge in [0.1, 0.15) is 5.69 Å². The number of halogens is 1. The van der Waals surface area contributed by atoms with Gasteiger partial charge in [0.25, 0.3) is 0 Å². The molecule has 0 amide bonds. The first-order valence-corrected chi connectivity index (χ1v) is 2.91. The fourth-order valence-corrected chi connectivity index (χ4v) is 0.726. The van der Waals surface area contributed by atoms with E-state index >= 15 is 0 Å². The highest BCUT2D eigenvalue weighted by Gasteiger charge is 2.09. The van der Waals surface area contributed by atoms with Gasteiger partial charge in [0, 0.05) is 7.05 Å². The summed E-state index contributed by atoms with van der Waals surface area (Å²) < 4.78 is 1.30. The number of imidazole rings is 1. The number of aromatic carboxylic acids is 1. The van der Waals surface area contributed by atoms with Crippen molar-refractivity contribution in [3.8, 4) is 0 Å². The Morgan fingerprint density at radius 1 is 1.90 bits per heavy atom. The number of aromatic nitrogens is 2. The summed E-state index contributed by atoms with van der Waals surface area (Å²) in [6.45, 7) is 0. The molecule has 1 N–H and O–H groups in total. The predicted octanol–water partition coefficient (Wildman–Crippen LogP) is 0.772. The SMILES string of the molecule is Cn1c(C(=O)O)cnc1Cl. The Morgan fingerprint density at radius 3 is 2.70 bits per heavy atom. The van der Waals surface area contributed by atoms with Crippen molar-refractivity contribution >= 4 is 17.6 Å². The quantitative estimate of drug-likeness (QED) is 0.660. The van der Waals surface area contributed by atoms with E-state index in [1.807, 2.05) is 0 Å². The molecule has 0 fully saturated rings. The number of hydrogen-bond acceptors (Lipinski definition) is 2. The summed E-state index contributed by atoms with van der Waals surface area (Å²) in [5.74, 6) is -1.03. The van der Waals surface area contributed by atoms with Crippen LogP contribution >= 0.6 is 11.6 Å². The highest BCUT2D eigenvalue weighted by molar-refractivity contribution is 6.28. The molecule has 0 unspecified atom stereocenters. The van der Waals surface area contributed by atoms with Crippen molar-refractivity contribution in [1.29, 1.82) is 0 Å². The van der Waals surface area contributed by atoms with E-state index in [0.717, 1.165) is 0 Å². The maximum atomic E-state index is 10.3. The van der Waals surface area contributed by atoms with Gasteiger partial charge >= 0.3 is 5.97 Å². The third-order valence-electron chi connectivity index (χ3n) is 1.15. The van der Waals surface area contributed by atoms with Crippen LogP contribution in [0.5, 0.6) is 0 Å². The molecule has 1 heterocycles. The molecule has 0 aliphatic rings. The molecule has 0 aromatic carbocycles. The van der Waals surface area contributed by atoms with Crippen molar-refractivity contribution < 1.29 is 9.90 Å². The zero-order valence-corrected chi connectivity index (χ0v) is 5.96. The second-order valence-corrected chi connectivity index (χ2v) is 2.11. The van der Waals surface area contributed by atoms with Crippen LogP contribution in [0.1, 0.15) is 10.5 Å². The van der Waals surface area contributed by atoms with Crippen LogP contribution in [0.3, 0.4) is 0 Å². The van der Waals surface area contributed by atoms with Crippen LogP contribution in [-0.2, 0) is 7.05 Å². The topological polar surface area (TPSA) is 55.1 Å². The second kappa shape index (κ2) is 2.30. The molecule has 0 saturated heterocycles. The molecular weight excluding hydrogens is 156 g/mol. The minimum absolute atomic E-state index is 0.0880. The van der Waals surface area contributed by atoms with Crippen LogP contribution in [0.25, 0.3) is 0 Å². The molecule has 10 heavy (non-hydrogen) atoms. The Morgan fingerprint density at radius 2 is 2.50 bits per heavy atom. The number of carbonyl (C=O) groups is 1. The summed E-state index contributed by atoms with van der Waals surface area (Å²) in [6.07, 6.45) is 1.21. The fourth-order valence-electron chi connectivity index (χ4n) is 0.586. The van der Waals surface area contributed by atoms with E-state index in [9.17, 15) is 4.79 Å². The van der Waals surface area contributed by atoms with E-state index < -0.39 is 5.97 Å². The smallest absolute Gasteiger partial charge is 0.354 e. The van der Waals surface area contributed by atoms with Gasteiger partial charge < -0.3 is 9.67 Å². The highest BCUT2D eigenvalue weighted by atomic mass is 35.5. The molecule has 0 saturated carbocycles. The van der Waals surface area contributed by atoms with Crippen molar-refractivity contribution in [2.45, 2.75) is 0 Å². The number of hydrogen-bond donors (Lipinski definition) is 1. The average Bonchev–Trinajstić information content (AvgIpc) is 2.14. The normalized spacial score (nSPS) is 9.80. The van der Waals surface area contributed by atoms with Gasteiger partial charge in [-0.25, -0.2) is 9.78 Å². The van der Waals surface area contributed by atoms with Crippen molar-refractivity contribution in [3.05, 3.63) is 17.2 Å². The summed E-state index contributed by atoms with van der Waals surface area (Å²) in [5.41, 5.74) is 0.0880. The molecule has 4 nitrogen and oxygen atoms in total. The van der Waals surface area contributed by atoms with Crippen molar-refractivity contribution in [3.63, 3.8) is 0 Å². The zero-order valence-electron chi connectivity index (χ0n) is 5.21. The Balaban J connectivity index is 3.17. The van der Waals surface area contributed by atoms with Crippen LogP contribution < -0.4 is 0 Å². The van der Waals surface area contributed by atoms with Gasteiger partial charge in [-0.15, -0.1) is 0 Å². The second-order valence-electron chi connectivity index (χ2n) is 1.78. The first-order valence-electron chi connectivity index (χ1n) is 2.53. The fraction of sp³-hybridized carbons (Fsp3) is 0.200. The van der Waals surface area contributed by atoms with Gasteiger partial charge in [0.2, 0.25) is 5.28 Å². The molecule has 0 spiro atoms. The largest absolute Gasteiger partial charge is 0.477 e.